The quantitative estimate of drug-likeness (QED) is 0.560. The molecule has 1 unspecified atom stereocenters. The molecule has 0 spiro atoms. The summed E-state index contributed by atoms with van der Waals surface area (Å²) < 4.78 is 12.0. The van der Waals surface area contributed by atoms with Gasteiger partial charge in [-0.15, -0.1) is 0 Å². The van der Waals surface area contributed by atoms with Crippen molar-refractivity contribution >= 4 is 20.1 Å². The molecule has 1 radical (unpaired) electrons. The van der Waals surface area contributed by atoms with E-state index in [-0.39, 0.29) is 9.79 Å². The molecule has 0 saturated carbocycles. The first-order chi connectivity index (χ1) is 10.5. The van der Waals surface area contributed by atoms with Crippen LogP contribution in [-0.2, 0) is 22.4 Å². The Bertz CT molecular complexity index is 475. The van der Waals surface area contributed by atoms with Gasteiger partial charge in [-0.05, 0) is 49.4 Å². The molecule has 23 heavy (non-hydrogen) atoms. The molecule has 1 atom stereocenters. The van der Waals surface area contributed by atoms with Crippen LogP contribution in [0.25, 0.3) is 0 Å². The largest absolute Gasteiger partial charge is 0.413 e. The maximum Gasteiger partial charge on any atom is 0.192 e. The topological polar surface area (TPSA) is 18.5 Å². The molecule has 1 rings (SSSR count). The molecule has 0 aliphatic heterocycles. The van der Waals surface area contributed by atoms with E-state index >= 15 is 0 Å². The highest BCUT2D eigenvalue weighted by atomic mass is 32.2. The third-order valence-electron chi connectivity index (χ3n) is 4.60. The first-order valence-corrected chi connectivity index (χ1v) is 12.3. The lowest BCUT2D eigenvalue weighted by Crippen LogP contribution is -2.40. The molecule has 1 aromatic rings. The van der Waals surface area contributed by atoms with E-state index in [1.807, 2.05) is 0 Å². The molecular weight excluding hydrogens is 320 g/mol. The highest BCUT2D eigenvalue weighted by Gasteiger charge is 2.36. The number of benzene rings is 1. The van der Waals surface area contributed by atoms with E-state index in [1.165, 1.54) is 11.1 Å². The summed E-state index contributed by atoms with van der Waals surface area (Å²) in [5, 5.41) is 0.249. The average Bonchev–Trinajstić information content (AvgIpc) is 2.45. The van der Waals surface area contributed by atoms with Crippen molar-refractivity contribution in [2.75, 3.05) is 12.9 Å². The van der Waals surface area contributed by atoms with Gasteiger partial charge in [0, 0.05) is 4.75 Å². The van der Waals surface area contributed by atoms with Gasteiger partial charge in [-0.25, -0.2) is 0 Å². The van der Waals surface area contributed by atoms with Crippen LogP contribution in [0.3, 0.4) is 0 Å². The number of ether oxygens (including phenoxy) is 1. The van der Waals surface area contributed by atoms with Crippen molar-refractivity contribution in [2.45, 2.75) is 63.8 Å². The third-order valence-corrected chi connectivity index (χ3v) is 10.2. The summed E-state index contributed by atoms with van der Waals surface area (Å²) >= 11 is 1.73. The lowest BCUT2D eigenvalue weighted by atomic mass is 10.1. The fourth-order valence-corrected chi connectivity index (χ4v) is 2.82. The van der Waals surface area contributed by atoms with Crippen LogP contribution in [0.4, 0.5) is 0 Å². The van der Waals surface area contributed by atoms with Gasteiger partial charge in [-0.2, -0.15) is 11.8 Å². The predicted molar refractivity (Wildman–Crippen MR) is 105 cm³/mol. The minimum Gasteiger partial charge on any atom is -0.413 e. The molecule has 1 aromatic carbocycles. The molecule has 0 amide bonds. The molecule has 0 fully saturated rings. The maximum atomic E-state index is 6.26. The molecule has 0 aliphatic rings. The van der Waals surface area contributed by atoms with Gasteiger partial charge in [0.25, 0.3) is 0 Å². The summed E-state index contributed by atoms with van der Waals surface area (Å²) in [7, 11) is -1.68. The van der Waals surface area contributed by atoms with Crippen LogP contribution >= 0.6 is 11.8 Å². The van der Waals surface area contributed by atoms with Crippen LogP contribution < -0.4 is 0 Å². The van der Waals surface area contributed by atoms with Gasteiger partial charge in [0.1, 0.15) is 0 Å². The zero-order valence-electron chi connectivity index (χ0n) is 15.9. The van der Waals surface area contributed by atoms with Crippen molar-refractivity contribution < 1.29 is 9.16 Å². The second-order valence-corrected chi connectivity index (χ2v) is 14.2. The van der Waals surface area contributed by atoms with E-state index in [9.17, 15) is 0 Å². The zero-order valence-corrected chi connectivity index (χ0v) is 17.7. The van der Waals surface area contributed by atoms with Gasteiger partial charge in [0.2, 0.25) is 0 Å². The molecule has 131 valence electrons. The SMILES string of the molecule is [CH2]C(C)(COCc1ccc(CO[Si](C)(C)C(C)(C)C)cc1)SC. The van der Waals surface area contributed by atoms with Crippen molar-refractivity contribution in [3.8, 4) is 0 Å². The molecule has 0 aliphatic carbocycles. The Labute approximate surface area is 148 Å². The maximum absolute atomic E-state index is 6.26. The van der Waals surface area contributed by atoms with Crippen LogP contribution in [0, 0.1) is 6.92 Å². The highest BCUT2D eigenvalue weighted by Crippen LogP contribution is 2.37. The Morgan fingerprint density at radius 2 is 1.48 bits per heavy atom. The number of hydrogen-bond donors (Lipinski definition) is 0. The van der Waals surface area contributed by atoms with Crippen molar-refractivity contribution in [3.63, 3.8) is 0 Å². The van der Waals surface area contributed by atoms with E-state index in [4.69, 9.17) is 9.16 Å². The Balaban J connectivity index is 2.48. The van der Waals surface area contributed by atoms with Gasteiger partial charge in [0.15, 0.2) is 8.32 Å². The van der Waals surface area contributed by atoms with Crippen LogP contribution in [0.1, 0.15) is 38.8 Å². The van der Waals surface area contributed by atoms with E-state index in [0.717, 1.165) is 0 Å². The minimum absolute atomic E-state index is 0.0725. The van der Waals surface area contributed by atoms with Crippen molar-refractivity contribution in [2.24, 2.45) is 0 Å². The van der Waals surface area contributed by atoms with E-state index in [1.54, 1.807) is 11.8 Å². The Morgan fingerprint density at radius 3 is 1.91 bits per heavy atom. The molecule has 0 aromatic heterocycles. The van der Waals surface area contributed by atoms with E-state index in [0.29, 0.717) is 19.8 Å². The smallest absolute Gasteiger partial charge is 0.192 e. The van der Waals surface area contributed by atoms with Crippen molar-refractivity contribution in [1.29, 1.82) is 0 Å². The molecular formula is C19H33O2SSi. The fourth-order valence-electron chi connectivity index (χ4n) is 1.66. The minimum atomic E-state index is -1.68. The standard InChI is InChI=1S/C19H33O2SSi/c1-18(2,3)23(7,8)21-14-17-11-9-16(10-12-17)13-20-15-19(4,5)22-6/h9-12H,4,13-15H2,1-3,5-8H3. The number of rotatable bonds is 8. The fraction of sp³-hybridized carbons (Fsp3) is 0.632. The summed E-state index contributed by atoms with van der Waals surface area (Å²) in [5.41, 5.74) is 2.42. The normalized spacial score (nSPS) is 13.4. The predicted octanol–water partition coefficient (Wildman–Crippen LogP) is 5.68. The Morgan fingerprint density at radius 1 is 1.00 bits per heavy atom. The van der Waals surface area contributed by atoms with Crippen LogP contribution in [0.5, 0.6) is 0 Å². The third kappa shape index (κ3) is 7.00. The molecule has 0 bridgehead atoms. The van der Waals surface area contributed by atoms with Gasteiger partial charge in [0.05, 0.1) is 19.8 Å². The Hall–Kier alpha value is -0.293. The van der Waals surface area contributed by atoms with Gasteiger partial charge >= 0.3 is 0 Å². The summed E-state index contributed by atoms with van der Waals surface area (Å²) in [5.74, 6) is 0. The molecule has 0 heterocycles. The lowest BCUT2D eigenvalue weighted by molar-refractivity contribution is 0.111. The summed E-state index contributed by atoms with van der Waals surface area (Å²) in [4.78, 5) is 0. The molecule has 0 N–H and O–H groups in total. The first-order valence-electron chi connectivity index (χ1n) is 8.17. The number of hydrogen-bond acceptors (Lipinski definition) is 3. The molecule has 2 nitrogen and oxygen atoms in total. The number of thioether (sulfide) groups is 1. The van der Waals surface area contributed by atoms with Crippen LogP contribution in [0.15, 0.2) is 24.3 Å². The van der Waals surface area contributed by atoms with Gasteiger partial charge < -0.3 is 9.16 Å². The van der Waals surface area contributed by atoms with Crippen molar-refractivity contribution in [3.05, 3.63) is 42.3 Å². The van der Waals surface area contributed by atoms with Crippen LogP contribution in [-0.4, -0.2) is 25.9 Å². The zero-order chi connectivity index (χ0) is 17.7. The lowest BCUT2D eigenvalue weighted by Gasteiger charge is -2.36. The summed E-state index contributed by atoms with van der Waals surface area (Å²) in [6.07, 6.45) is 2.06. The van der Waals surface area contributed by atoms with E-state index in [2.05, 4.69) is 78.2 Å². The summed E-state index contributed by atoms with van der Waals surface area (Å²) in [6.45, 7) is 19.6. The van der Waals surface area contributed by atoms with Gasteiger partial charge in [-0.3, -0.25) is 0 Å². The molecule has 4 heteroatoms. The highest BCUT2D eigenvalue weighted by molar-refractivity contribution is 8.00. The van der Waals surface area contributed by atoms with Crippen molar-refractivity contribution in [1.82, 2.24) is 0 Å². The van der Waals surface area contributed by atoms with Crippen LogP contribution in [0.2, 0.25) is 18.1 Å². The summed E-state index contributed by atoms with van der Waals surface area (Å²) in [6, 6.07) is 8.54. The van der Waals surface area contributed by atoms with Gasteiger partial charge in [-0.1, -0.05) is 45.0 Å². The monoisotopic (exact) mass is 353 g/mol. The second kappa shape index (κ2) is 8.19. The first kappa shape index (κ1) is 20.8. The molecule has 0 saturated heterocycles. The van der Waals surface area contributed by atoms with E-state index < -0.39 is 8.32 Å². The Kier molecular flexibility index (Phi) is 7.39. The second-order valence-electron chi connectivity index (χ2n) is 8.01. The average molecular weight is 354 g/mol.